The van der Waals surface area contributed by atoms with Gasteiger partial charge in [0, 0.05) is 28.2 Å². The maximum absolute atomic E-state index is 13.0. The predicted molar refractivity (Wildman–Crippen MR) is 133 cm³/mol. The number of hydrogen-bond donors (Lipinski definition) is 0. The van der Waals surface area contributed by atoms with Crippen molar-refractivity contribution >= 4 is 11.5 Å². The van der Waals surface area contributed by atoms with Crippen molar-refractivity contribution in [2.75, 3.05) is 21.3 Å². The summed E-state index contributed by atoms with van der Waals surface area (Å²) in [4.78, 5) is 18.2. The van der Waals surface area contributed by atoms with E-state index in [9.17, 15) is 4.79 Å². The van der Waals surface area contributed by atoms with Crippen molar-refractivity contribution in [1.29, 1.82) is 0 Å². The van der Waals surface area contributed by atoms with Crippen molar-refractivity contribution in [3.63, 3.8) is 0 Å². The van der Waals surface area contributed by atoms with Gasteiger partial charge in [-0.1, -0.05) is 49.2 Å². The van der Waals surface area contributed by atoms with E-state index in [4.69, 9.17) is 19.2 Å². The molecule has 34 heavy (non-hydrogen) atoms. The van der Waals surface area contributed by atoms with E-state index in [1.165, 1.54) is 18.4 Å². The van der Waals surface area contributed by atoms with Crippen LogP contribution in [0.25, 0.3) is 0 Å². The second kappa shape index (κ2) is 9.34. The summed E-state index contributed by atoms with van der Waals surface area (Å²) < 4.78 is 16.5. The molecule has 2 unspecified atom stereocenters. The Bertz CT molecular complexity index is 1250. The van der Waals surface area contributed by atoms with Crippen LogP contribution in [0.5, 0.6) is 17.2 Å². The third-order valence-corrected chi connectivity index (χ3v) is 6.99. The van der Waals surface area contributed by atoms with Gasteiger partial charge in [-0.25, -0.2) is 0 Å². The minimum atomic E-state index is -0.0322. The van der Waals surface area contributed by atoms with Crippen LogP contribution < -0.4 is 14.2 Å². The van der Waals surface area contributed by atoms with E-state index >= 15 is 0 Å². The standard InChI is InChI=1S/C29H29NO4/c1-32-21-8-6-7-20(15-21)29(31)19-13-11-18(12-14-19)28-24-17-27(34-3)26(33-2)16-23(24)22-9-4-5-10-25(22)30-28/h6-8,11-17,22,25H,4-5,9-10H2,1-3H3. The first-order valence-electron chi connectivity index (χ1n) is 11.8. The van der Waals surface area contributed by atoms with E-state index in [1.807, 2.05) is 48.5 Å². The fraction of sp³-hybridized carbons (Fsp3) is 0.310. The van der Waals surface area contributed by atoms with Crippen LogP contribution in [0, 0.1) is 0 Å². The SMILES string of the molecule is COc1cccc(C(=O)c2ccc(C3=NC4CCCCC4c4cc(OC)c(OC)cc43)cc2)c1. The number of ketones is 1. The topological polar surface area (TPSA) is 57.1 Å². The second-order valence-electron chi connectivity index (χ2n) is 8.87. The van der Waals surface area contributed by atoms with Gasteiger partial charge in [-0.05, 0) is 42.7 Å². The summed E-state index contributed by atoms with van der Waals surface area (Å²) in [5.74, 6) is 2.50. The number of fused-ring (bicyclic) bond motifs is 3. The van der Waals surface area contributed by atoms with Gasteiger partial charge in [0.05, 0.1) is 33.1 Å². The van der Waals surface area contributed by atoms with E-state index in [-0.39, 0.29) is 11.8 Å². The van der Waals surface area contributed by atoms with Crippen LogP contribution in [0.15, 0.2) is 65.7 Å². The number of benzene rings is 3. The number of rotatable bonds is 6. The lowest BCUT2D eigenvalue weighted by Crippen LogP contribution is -2.29. The molecule has 2 aliphatic rings. The number of methoxy groups -OCH3 is 3. The van der Waals surface area contributed by atoms with Crippen molar-refractivity contribution in [2.45, 2.75) is 37.6 Å². The molecule has 3 aromatic carbocycles. The van der Waals surface area contributed by atoms with Gasteiger partial charge in [-0.15, -0.1) is 0 Å². The zero-order valence-electron chi connectivity index (χ0n) is 19.8. The fourth-order valence-electron chi connectivity index (χ4n) is 5.21. The van der Waals surface area contributed by atoms with Crippen LogP contribution in [0.1, 0.15) is 64.2 Å². The van der Waals surface area contributed by atoms with Crippen molar-refractivity contribution in [3.8, 4) is 17.2 Å². The highest BCUT2D eigenvalue weighted by atomic mass is 16.5. The molecular weight excluding hydrogens is 426 g/mol. The first kappa shape index (κ1) is 22.2. The summed E-state index contributed by atoms with van der Waals surface area (Å²) in [6.45, 7) is 0. The van der Waals surface area contributed by atoms with E-state index in [2.05, 4.69) is 6.07 Å². The predicted octanol–water partition coefficient (Wildman–Crippen LogP) is 5.82. The number of hydrogen-bond acceptors (Lipinski definition) is 5. The average molecular weight is 456 g/mol. The lowest BCUT2D eigenvalue weighted by atomic mass is 9.75. The molecular formula is C29H29NO4. The van der Waals surface area contributed by atoms with Gasteiger partial charge >= 0.3 is 0 Å². The fourth-order valence-corrected chi connectivity index (χ4v) is 5.21. The van der Waals surface area contributed by atoms with E-state index in [0.717, 1.165) is 35.4 Å². The van der Waals surface area contributed by atoms with Gasteiger partial charge < -0.3 is 14.2 Å². The molecule has 1 fully saturated rings. The Labute approximate surface area is 200 Å². The Morgan fingerprint density at radius 2 is 1.56 bits per heavy atom. The highest BCUT2D eigenvalue weighted by molar-refractivity contribution is 6.16. The largest absolute Gasteiger partial charge is 0.497 e. The van der Waals surface area contributed by atoms with E-state index in [0.29, 0.717) is 28.5 Å². The molecule has 1 heterocycles. The van der Waals surface area contributed by atoms with Crippen molar-refractivity contribution in [3.05, 3.63) is 88.5 Å². The molecule has 0 N–H and O–H groups in total. The number of nitrogens with zero attached hydrogens (tertiary/aromatic N) is 1. The molecule has 1 saturated carbocycles. The van der Waals surface area contributed by atoms with Crippen LogP contribution in [0.4, 0.5) is 0 Å². The summed E-state index contributed by atoms with van der Waals surface area (Å²) in [6.07, 6.45) is 4.65. The van der Waals surface area contributed by atoms with Crippen molar-refractivity contribution in [2.24, 2.45) is 4.99 Å². The van der Waals surface area contributed by atoms with Gasteiger partial charge in [0.2, 0.25) is 0 Å². The summed E-state index contributed by atoms with van der Waals surface area (Å²) in [7, 11) is 4.94. The van der Waals surface area contributed by atoms with E-state index < -0.39 is 0 Å². The second-order valence-corrected chi connectivity index (χ2v) is 8.87. The molecule has 174 valence electrons. The molecule has 0 saturated heterocycles. The van der Waals surface area contributed by atoms with E-state index in [1.54, 1.807) is 27.4 Å². The molecule has 5 rings (SSSR count). The van der Waals surface area contributed by atoms with Gasteiger partial charge in [0.15, 0.2) is 17.3 Å². The highest BCUT2D eigenvalue weighted by Crippen LogP contribution is 2.44. The van der Waals surface area contributed by atoms with Crippen LogP contribution in [0.3, 0.4) is 0 Å². The highest BCUT2D eigenvalue weighted by Gasteiger charge is 2.34. The van der Waals surface area contributed by atoms with Crippen LogP contribution in [0.2, 0.25) is 0 Å². The summed E-state index contributed by atoms with van der Waals surface area (Å²) >= 11 is 0. The Morgan fingerprint density at radius 3 is 2.29 bits per heavy atom. The molecule has 5 nitrogen and oxygen atoms in total. The summed E-state index contributed by atoms with van der Waals surface area (Å²) in [5.41, 5.74) is 5.57. The van der Waals surface area contributed by atoms with Gasteiger partial charge in [-0.2, -0.15) is 0 Å². The summed E-state index contributed by atoms with van der Waals surface area (Å²) in [6, 6.07) is 19.4. The molecule has 0 radical (unpaired) electrons. The average Bonchev–Trinajstić information content (AvgIpc) is 2.91. The lowest BCUT2D eigenvalue weighted by molar-refractivity contribution is 0.103. The maximum atomic E-state index is 13.0. The third-order valence-electron chi connectivity index (χ3n) is 6.99. The van der Waals surface area contributed by atoms with Crippen molar-refractivity contribution < 1.29 is 19.0 Å². The van der Waals surface area contributed by atoms with Crippen LogP contribution in [-0.2, 0) is 0 Å². The Morgan fingerprint density at radius 1 is 0.824 bits per heavy atom. The molecule has 0 spiro atoms. The minimum Gasteiger partial charge on any atom is -0.497 e. The molecule has 1 aliphatic heterocycles. The Kier molecular flexibility index (Phi) is 6.10. The quantitative estimate of drug-likeness (QED) is 0.440. The number of ether oxygens (including phenoxy) is 3. The molecule has 2 atom stereocenters. The smallest absolute Gasteiger partial charge is 0.193 e. The van der Waals surface area contributed by atoms with Crippen LogP contribution >= 0.6 is 0 Å². The summed E-state index contributed by atoms with van der Waals surface area (Å²) in [5, 5.41) is 0. The molecule has 0 bridgehead atoms. The minimum absolute atomic E-state index is 0.0322. The first-order chi connectivity index (χ1) is 16.6. The number of aliphatic imine (C=N–C) groups is 1. The third kappa shape index (κ3) is 3.96. The van der Waals surface area contributed by atoms with Crippen LogP contribution in [-0.4, -0.2) is 38.9 Å². The molecule has 1 aliphatic carbocycles. The van der Waals surface area contributed by atoms with Crippen molar-refractivity contribution in [1.82, 2.24) is 0 Å². The van der Waals surface area contributed by atoms with Gasteiger partial charge in [0.25, 0.3) is 0 Å². The molecule has 3 aromatic rings. The number of carbonyl (C=O) groups excluding carboxylic acids is 1. The first-order valence-corrected chi connectivity index (χ1v) is 11.8. The Hall–Kier alpha value is -3.60. The maximum Gasteiger partial charge on any atom is 0.193 e. The number of carbonyl (C=O) groups is 1. The molecule has 0 amide bonds. The van der Waals surface area contributed by atoms with Gasteiger partial charge in [0.1, 0.15) is 5.75 Å². The zero-order chi connectivity index (χ0) is 23.7. The normalized spacial score (nSPS) is 18.9. The Balaban J connectivity index is 1.53. The molecule has 5 heteroatoms. The monoisotopic (exact) mass is 455 g/mol. The zero-order valence-corrected chi connectivity index (χ0v) is 19.8. The van der Waals surface area contributed by atoms with Gasteiger partial charge in [-0.3, -0.25) is 9.79 Å². The lowest BCUT2D eigenvalue weighted by Gasteiger charge is -2.35. The molecule has 0 aromatic heterocycles.